The lowest BCUT2D eigenvalue weighted by molar-refractivity contribution is 0.207. The Hall–Kier alpha value is -2.15. The summed E-state index contributed by atoms with van der Waals surface area (Å²) in [5.41, 5.74) is 6.69. The first-order chi connectivity index (χ1) is 10.7. The van der Waals surface area contributed by atoms with Gasteiger partial charge < -0.3 is 16.4 Å². The van der Waals surface area contributed by atoms with Gasteiger partial charge in [-0.3, -0.25) is 4.98 Å². The minimum atomic E-state index is -0.166. The molecule has 116 valence electrons. The van der Waals surface area contributed by atoms with E-state index in [1.807, 2.05) is 12.1 Å². The van der Waals surface area contributed by atoms with Crippen molar-refractivity contribution in [3.8, 4) is 0 Å². The summed E-state index contributed by atoms with van der Waals surface area (Å²) in [6.45, 7) is 0.439. The van der Waals surface area contributed by atoms with E-state index in [1.54, 1.807) is 18.6 Å². The quantitative estimate of drug-likeness (QED) is 0.789. The summed E-state index contributed by atoms with van der Waals surface area (Å²) in [5.74, 6) is 0.507. The number of carbonyl (C=O) groups is 1. The third-order valence-electron chi connectivity index (χ3n) is 3.97. The van der Waals surface area contributed by atoms with Gasteiger partial charge in [0.25, 0.3) is 0 Å². The van der Waals surface area contributed by atoms with E-state index in [-0.39, 0.29) is 12.1 Å². The summed E-state index contributed by atoms with van der Waals surface area (Å²) in [7, 11) is 0. The van der Waals surface area contributed by atoms with E-state index in [1.165, 1.54) is 17.8 Å². The minimum absolute atomic E-state index is 0.0447. The van der Waals surface area contributed by atoms with E-state index < -0.39 is 0 Å². The van der Waals surface area contributed by atoms with Crippen LogP contribution in [0.3, 0.4) is 0 Å². The summed E-state index contributed by atoms with van der Waals surface area (Å²) >= 11 is 1.38. The molecule has 1 saturated carbocycles. The van der Waals surface area contributed by atoms with Crippen LogP contribution in [0.15, 0.2) is 30.7 Å². The van der Waals surface area contributed by atoms with Crippen molar-refractivity contribution >= 4 is 22.5 Å². The molecule has 0 bridgehead atoms. The van der Waals surface area contributed by atoms with Gasteiger partial charge >= 0.3 is 6.03 Å². The van der Waals surface area contributed by atoms with E-state index in [2.05, 4.69) is 20.6 Å². The van der Waals surface area contributed by atoms with Crippen LogP contribution in [0, 0.1) is 5.92 Å². The van der Waals surface area contributed by atoms with Gasteiger partial charge in [0.1, 0.15) is 0 Å². The molecule has 1 fully saturated rings. The lowest BCUT2D eigenvalue weighted by Gasteiger charge is -2.34. The highest BCUT2D eigenvalue weighted by molar-refractivity contribution is 7.15. The second-order valence-corrected chi connectivity index (χ2v) is 6.59. The van der Waals surface area contributed by atoms with Crippen molar-refractivity contribution in [3.63, 3.8) is 0 Å². The monoisotopic (exact) mass is 317 g/mol. The van der Waals surface area contributed by atoms with Gasteiger partial charge in [0.15, 0.2) is 5.13 Å². The average molecular weight is 317 g/mol. The Bertz CT molecular complexity index is 626. The Morgan fingerprint density at radius 1 is 1.41 bits per heavy atom. The lowest BCUT2D eigenvalue weighted by Crippen LogP contribution is -2.41. The number of pyridine rings is 1. The maximum atomic E-state index is 12.2. The maximum Gasteiger partial charge on any atom is 0.315 e. The second-order valence-electron chi connectivity index (χ2n) is 5.44. The molecule has 1 unspecified atom stereocenters. The smallest absolute Gasteiger partial charge is 0.315 e. The van der Waals surface area contributed by atoms with Gasteiger partial charge in [0, 0.05) is 23.5 Å². The molecule has 1 atom stereocenters. The van der Waals surface area contributed by atoms with Crippen LogP contribution < -0.4 is 16.4 Å². The Kier molecular flexibility index (Phi) is 4.53. The predicted molar refractivity (Wildman–Crippen MR) is 86.2 cm³/mol. The highest BCUT2D eigenvalue weighted by Gasteiger charge is 2.29. The Morgan fingerprint density at radius 3 is 2.77 bits per heavy atom. The highest BCUT2D eigenvalue weighted by atomic mass is 32.1. The molecule has 6 nitrogen and oxygen atoms in total. The van der Waals surface area contributed by atoms with Crippen LogP contribution in [-0.4, -0.2) is 16.0 Å². The number of rotatable bonds is 5. The molecule has 2 aromatic rings. The van der Waals surface area contributed by atoms with Crippen LogP contribution in [-0.2, 0) is 6.54 Å². The summed E-state index contributed by atoms with van der Waals surface area (Å²) < 4.78 is 0. The Balaban J connectivity index is 1.59. The average Bonchev–Trinajstić information content (AvgIpc) is 2.89. The number of nitrogen functional groups attached to an aromatic ring is 1. The fourth-order valence-corrected chi connectivity index (χ4v) is 3.21. The van der Waals surface area contributed by atoms with E-state index in [0.717, 1.165) is 23.3 Å². The summed E-state index contributed by atoms with van der Waals surface area (Å²) in [6.07, 6.45) is 8.75. The van der Waals surface area contributed by atoms with Crippen LogP contribution in [0.25, 0.3) is 0 Å². The third kappa shape index (κ3) is 3.54. The molecule has 0 radical (unpaired) electrons. The number of hydrogen-bond donors (Lipinski definition) is 3. The third-order valence-corrected chi connectivity index (χ3v) is 4.79. The van der Waals surface area contributed by atoms with Crippen molar-refractivity contribution in [1.29, 1.82) is 0 Å². The zero-order chi connectivity index (χ0) is 15.4. The molecular weight excluding hydrogens is 298 g/mol. The van der Waals surface area contributed by atoms with Gasteiger partial charge in [-0.05, 0) is 36.5 Å². The van der Waals surface area contributed by atoms with Gasteiger partial charge in [-0.25, -0.2) is 9.78 Å². The Morgan fingerprint density at radius 2 is 2.18 bits per heavy atom. The van der Waals surface area contributed by atoms with Crippen LogP contribution in [0.4, 0.5) is 9.93 Å². The van der Waals surface area contributed by atoms with Crippen LogP contribution in [0.5, 0.6) is 0 Å². The number of amides is 2. The number of nitrogens with zero attached hydrogens (tertiary/aromatic N) is 2. The van der Waals surface area contributed by atoms with Crippen LogP contribution in [0.1, 0.15) is 35.7 Å². The number of thiazole rings is 1. The Labute approximate surface area is 133 Å². The van der Waals surface area contributed by atoms with Crippen LogP contribution in [0.2, 0.25) is 0 Å². The molecule has 2 amide bonds. The zero-order valence-corrected chi connectivity index (χ0v) is 13.0. The first-order valence-electron chi connectivity index (χ1n) is 7.37. The molecule has 0 saturated heterocycles. The molecule has 2 aromatic heterocycles. The van der Waals surface area contributed by atoms with E-state index in [0.29, 0.717) is 17.6 Å². The van der Waals surface area contributed by atoms with E-state index >= 15 is 0 Å². The number of urea groups is 1. The molecule has 1 aliphatic rings. The van der Waals surface area contributed by atoms with Gasteiger partial charge in [0.2, 0.25) is 0 Å². The molecule has 0 spiro atoms. The van der Waals surface area contributed by atoms with Crippen molar-refractivity contribution in [1.82, 2.24) is 20.6 Å². The molecule has 3 rings (SSSR count). The number of hydrogen-bond acceptors (Lipinski definition) is 5. The molecule has 2 heterocycles. The standard InChI is InChI=1S/C15H19N5OS/c16-14-18-8-12(22-14)9-19-15(21)20-13(10-2-1-3-10)11-4-6-17-7-5-11/h4-8,10,13H,1-3,9H2,(H2,16,18)(H2,19,20,21). The van der Waals surface area contributed by atoms with Gasteiger partial charge in [0.05, 0.1) is 12.6 Å². The lowest BCUT2D eigenvalue weighted by atomic mass is 9.77. The minimum Gasteiger partial charge on any atom is -0.375 e. The highest BCUT2D eigenvalue weighted by Crippen LogP contribution is 2.37. The van der Waals surface area contributed by atoms with Crippen molar-refractivity contribution in [2.24, 2.45) is 5.92 Å². The van der Waals surface area contributed by atoms with Crippen molar-refractivity contribution < 1.29 is 4.79 Å². The summed E-state index contributed by atoms with van der Waals surface area (Å²) in [5, 5.41) is 6.47. The van der Waals surface area contributed by atoms with Crippen molar-refractivity contribution in [3.05, 3.63) is 41.2 Å². The number of nitrogens with one attached hydrogen (secondary N) is 2. The SMILES string of the molecule is Nc1ncc(CNC(=O)NC(c2ccncc2)C2CCC2)s1. The van der Waals surface area contributed by atoms with E-state index in [9.17, 15) is 4.79 Å². The van der Waals surface area contributed by atoms with Gasteiger partial charge in [-0.2, -0.15) is 0 Å². The molecule has 7 heteroatoms. The molecule has 1 aliphatic carbocycles. The van der Waals surface area contributed by atoms with Crippen LogP contribution >= 0.6 is 11.3 Å². The van der Waals surface area contributed by atoms with Gasteiger partial charge in [-0.1, -0.05) is 6.42 Å². The number of carbonyl (C=O) groups excluding carboxylic acids is 1. The summed E-state index contributed by atoms with van der Waals surface area (Å²) in [6, 6.07) is 3.81. The predicted octanol–water partition coefficient (Wildman–Crippen LogP) is 2.46. The molecule has 0 aromatic carbocycles. The first-order valence-corrected chi connectivity index (χ1v) is 8.18. The van der Waals surface area contributed by atoms with Crippen molar-refractivity contribution in [2.45, 2.75) is 31.8 Å². The first kappa shape index (κ1) is 14.8. The number of nitrogens with two attached hydrogens (primary N) is 1. The normalized spacial score (nSPS) is 15.8. The maximum absolute atomic E-state index is 12.2. The zero-order valence-electron chi connectivity index (χ0n) is 12.2. The second kappa shape index (κ2) is 6.74. The summed E-state index contributed by atoms with van der Waals surface area (Å²) in [4.78, 5) is 21.1. The molecular formula is C15H19N5OS. The largest absolute Gasteiger partial charge is 0.375 e. The number of aromatic nitrogens is 2. The molecule has 0 aliphatic heterocycles. The fraction of sp³-hybridized carbons (Fsp3) is 0.400. The van der Waals surface area contributed by atoms with Crippen molar-refractivity contribution in [2.75, 3.05) is 5.73 Å². The fourth-order valence-electron chi connectivity index (χ4n) is 2.58. The number of anilines is 1. The molecule has 4 N–H and O–H groups in total. The molecule has 22 heavy (non-hydrogen) atoms. The topological polar surface area (TPSA) is 92.9 Å². The van der Waals surface area contributed by atoms with E-state index in [4.69, 9.17) is 5.73 Å². The van der Waals surface area contributed by atoms with Gasteiger partial charge in [-0.15, -0.1) is 11.3 Å².